The Hall–Kier alpha value is -2.75. The Labute approximate surface area is 136 Å². The molecule has 0 bridgehead atoms. The summed E-state index contributed by atoms with van der Waals surface area (Å²) < 4.78 is 7.26. The molecule has 118 valence electrons. The van der Waals surface area contributed by atoms with Gasteiger partial charge in [-0.2, -0.15) is 0 Å². The second kappa shape index (κ2) is 7.01. The van der Waals surface area contributed by atoms with Crippen molar-refractivity contribution in [3.8, 4) is 11.5 Å². The van der Waals surface area contributed by atoms with E-state index in [0.717, 1.165) is 30.0 Å². The van der Waals surface area contributed by atoms with Crippen molar-refractivity contribution in [2.45, 2.75) is 19.4 Å². The average molecular weight is 308 g/mol. The van der Waals surface area contributed by atoms with Crippen LogP contribution in [0.5, 0.6) is 11.5 Å². The van der Waals surface area contributed by atoms with Crippen molar-refractivity contribution in [2.75, 3.05) is 7.11 Å². The van der Waals surface area contributed by atoms with E-state index in [1.54, 1.807) is 13.2 Å². The summed E-state index contributed by atoms with van der Waals surface area (Å²) in [6, 6.07) is 15.5. The number of phenols is 1. The largest absolute Gasteiger partial charge is 0.508 e. The second-order valence-corrected chi connectivity index (χ2v) is 5.45. The van der Waals surface area contributed by atoms with Gasteiger partial charge in [0.15, 0.2) is 0 Å². The molecule has 4 heteroatoms. The van der Waals surface area contributed by atoms with Gasteiger partial charge in [0.05, 0.1) is 13.7 Å². The normalized spacial score (nSPS) is 10.7. The van der Waals surface area contributed by atoms with Crippen LogP contribution in [-0.4, -0.2) is 21.8 Å². The summed E-state index contributed by atoms with van der Waals surface area (Å²) in [5.74, 6) is 2.21. The zero-order chi connectivity index (χ0) is 16.1. The maximum absolute atomic E-state index is 9.91. The highest BCUT2D eigenvalue weighted by molar-refractivity contribution is 5.32. The van der Waals surface area contributed by atoms with Gasteiger partial charge < -0.3 is 14.4 Å². The maximum atomic E-state index is 9.91. The summed E-state index contributed by atoms with van der Waals surface area (Å²) in [6.45, 7) is 0.630. The molecular formula is C19H20N2O2. The molecule has 2 aromatic carbocycles. The van der Waals surface area contributed by atoms with Gasteiger partial charge in [-0.1, -0.05) is 30.3 Å². The molecule has 4 nitrogen and oxygen atoms in total. The monoisotopic (exact) mass is 308 g/mol. The molecule has 0 aliphatic rings. The first kappa shape index (κ1) is 15.2. The molecule has 0 saturated carbocycles. The number of benzene rings is 2. The summed E-state index contributed by atoms with van der Waals surface area (Å²) in [6.07, 6.45) is 5.54. The molecule has 23 heavy (non-hydrogen) atoms. The standard InChI is InChI=1S/C19H20N2O2/c1-23-17-9-6-15(7-10-17)8-11-19-20-12-13-21(19)14-16-4-2-3-5-18(16)22/h2-7,9-10,12-13,22H,8,11,14H2,1H3. The number of imidazole rings is 1. The fraction of sp³-hybridized carbons (Fsp3) is 0.211. The lowest BCUT2D eigenvalue weighted by Gasteiger charge is -2.09. The van der Waals surface area contributed by atoms with Crippen molar-refractivity contribution in [3.63, 3.8) is 0 Å². The number of aromatic hydroxyl groups is 1. The molecule has 3 aromatic rings. The number of hydrogen-bond acceptors (Lipinski definition) is 3. The zero-order valence-electron chi connectivity index (χ0n) is 13.1. The van der Waals surface area contributed by atoms with Crippen LogP contribution in [-0.2, 0) is 19.4 Å². The third-order valence-corrected chi connectivity index (χ3v) is 3.93. The van der Waals surface area contributed by atoms with Crippen LogP contribution in [0.25, 0.3) is 0 Å². The van der Waals surface area contributed by atoms with Crippen LogP contribution in [0.4, 0.5) is 0 Å². The van der Waals surface area contributed by atoms with Crippen molar-refractivity contribution in [1.29, 1.82) is 0 Å². The van der Waals surface area contributed by atoms with Gasteiger partial charge in [-0.3, -0.25) is 0 Å². The van der Waals surface area contributed by atoms with E-state index in [0.29, 0.717) is 12.3 Å². The smallest absolute Gasteiger partial charge is 0.120 e. The Morgan fingerprint density at radius 2 is 1.83 bits per heavy atom. The number of aryl methyl sites for hydroxylation is 2. The van der Waals surface area contributed by atoms with Gasteiger partial charge in [-0.05, 0) is 30.2 Å². The quantitative estimate of drug-likeness (QED) is 0.759. The molecule has 0 aliphatic carbocycles. The number of ether oxygens (including phenoxy) is 1. The lowest BCUT2D eigenvalue weighted by atomic mass is 10.1. The van der Waals surface area contributed by atoms with Crippen molar-refractivity contribution in [1.82, 2.24) is 9.55 Å². The Morgan fingerprint density at radius 3 is 2.57 bits per heavy atom. The molecule has 0 radical (unpaired) electrons. The summed E-state index contributed by atoms with van der Waals surface area (Å²) in [5.41, 5.74) is 2.15. The van der Waals surface area contributed by atoms with E-state index in [1.165, 1.54) is 5.56 Å². The van der Waals surface area contributed by atoms with Crippen LogP contribution in [0.2, 0.25) is 0 Å². The van der Waals surface area contributed by atoms with Crippen LogP contribution in [0, 0.1) is 0 Å². The molecule has 1 N–H and O–H groups in total. The molecule has 1 heterocycles. The van der Waals surface area contributed by atoms with Crippen molar-refractivity contribution in [2.24, 2.45) is 0 Å². The van der Waals surface area contributed by atoms with Gasteiger partial charge >= 0.3 is 0 Å². The van der Waals surface area contributed by atoms with Crippen molar-refractivity contribution < 1.29 is 9.84 Å². The molecule has 3 rings (SSSR count). The summed E-state index contributed by atoms with van der Waals surface area (Å²) >= 11 is 0. The number of phenolic OH excluding ortho intramolecular Hbond substituents is 1. The highest BCUT2D eigenvalue weighted by Crippen LogP contribution is 2.18. The highest BCUT2D eigenvalue weighted by atomic mass is 16.5. The summed E-state index contributed by atoms with van der Waals surface area (Å²) in [7, 11) is 1.67. The number of methoxy groups -OCH3 is 1. The van der Waals surface area contributed by atoms with Gasteiger partial charge in [-0.25, -0.2) is 4.98 Å². The lowest BCUT2D eigenvalue weighted by molar-refractivity contribution is 0.414. The van der Waals surface area contributed by atoms with E-state index in [4.69, 9.17) is 4.74 Å². The predicted octanol–water partition coefficient (Wildman–Crippen LogP) is 3.43. The van der Waals surface area contributed by atoms with E-state index in [2.05, 4.69) is 21.7 Å². The van der Waals surface area contributed by atoms with E-state index < -0.39 is 0 Å². The topological polar surface area (TPSA) is 47.3 Å². The van der Waals surface area contributed by atoms with E-state index in [1.807, 2.05) is 42.7 Å². The van der Waals surface area contributed by atoms with Gasteiger partial charge in [-0.15, -0.1) is 0 Å². The maximum Gasteiger partial charge on any atom is 0.120 e. The predicted molar refractivity (Wildman–Crippen MR) is 89.8 cm³/mol. The average Bonchev–Trinajstić information content (AvgIpc) is 3.03. The van der Waals surface area contributed by atoms with Crippen LogP contribution in [0.3, 0.4) is 0 Å². The summed E-state index contributed by atoms with van der Waals surface area (Å²) in [5, 5.41) is 9.91. The van der Waals surface area contributed by atoms with Gasteiger partial charge in [0.25, 0.3) is 0 Å². The number of para-hydroxylation sites is 1. The van der Waals surface area contributed by atoms with Gasteiger partial charge in [0, 0.05) is 24.4 Å². The Kier molecular flexibility index (Phi) is 4.62. The minimum absolute atomic E-state index is 0.322. The zero-order valence-corrected chi connectivity index (χ0v) is 13.1. The van der Waals surface area contributed by atoms with E-state index in [9.17, 15) is 5.11 Å². The number of rotatable bonds is 6. The molecule has 0 atom stereocenters. The molecule has 0 aliphatic heterocycles. The molecule has 0 spiro atoms. The molecule has 0 fully saturated rings. The minimum Gasteiger partial charge on any atom is -0.508 e. The third kappa shape index (κ3) is 3.72. The molecule has 0 unspecified atom stereocenters. The van der Waals surface area contributed by atoms with Crippen molar-refractivity contribution >= 4 is 0 Å². The number of hydrogen-bond donors (Lipinski definition) is 1. The third-order valence-electron chi connectivity index (χ3n) is 3.93. The minimum atomic E-state index is 0.322. The van der Waals surface area contributed by atoms with Crippen LogP contribution in [0.1, 0.15) is 17.0 Å². The Bertz CT molecular complexity index is 763. The number of nitrogens with zero attached hydrogens (tertiary/aromatic N) is 2. The van der Waals surface area contributed by atoms with E-state index in [-0.39, 0.29) is 0 Å². The Morgan fingerprint density at radius 1 is 1.04 bits per heavy atom. The highest BCUT2D eigenvalue weighted by Gasteiger charge is 2.07. The first-order valence-corrected chi connectivity index (χ1v) is 7.66. The van der Waals surface area contributed by atoms with Crippen LogP contribution in [0.15, 0.2) is 60.9 Å². The lowest BCUT2D eigenvalue weighted by Crippen LogP contribution is -2.06. The number of aromatic nitrogens is 2. The Balaban J connectivity index is 1.67. The van der Waals surface area contributed by atoms with E-state index >= 15 is 0 Å². The van der Waals surface area contributed by atoms with Crippen LogP contribution >= 0.6 is 0 Å². The van der Waals surface area contributed by atoms with Crippen molar-refractivity contribution in [3.05, 3.63) is 77.9 Å². The second-order valence-electron chi connectivity index (χ2n) is 5.45. The molecule has 1 aromatic heterocycles. The first-order valence-electron chi connectivity index (χ1n) is 7.66. The van der Waals surface area contributed by atoms with Gasteiger partial charge in [0.1, 0.15) is 17.3 Å². The van der Waals surface area contributed by atoms with Gasteiger partial charge in [0.2, 0.25) is 0 Å². The first-order chi connectivity index (χ1) is 11.3. The molecule has 0 saturated heterocycles. The SMILES string of the molecule is COc1ccc(CCc2nccn2Cc2ccccc2O)cc1. The molecule has 0 amide bonds. The fourth-order valence-electron chi connectivity index (χ4n) is 2.59. The molecular weight excluding hydrogens is 288 g/mol. The summed E-state index contributed by atoms with van der Waals surface area (Å²) in [4.78, 5) is 4.45. The van der Waals surface area contributed by atoms with Crippen LogP contribution < -0.4 is 4.74 Å². The fourth-order valence-corrected chi connectivity index (χ4v) is 2.59.